The molecule has 0 N–H and O–H groups in total. The fourth-order valence-electron chi connectivity index (χ4n) is 1.51. The van der Waals surface area contributed by atoms with Crippen LogP contribution in [0.4, 0.5) is 0 Å². The van der Waals surface area contributed by atoms with E-state index in [9.17, 15) is 0 Å². The maximum absolute atomic E-state index is 5.45. The summed E-state index contributed by atoms with van der Waals surface area (Å²) in [5, 5.41) is 0. The third-order valence-electron chi connectivity index (χ3n) is 2.35. The molecule has 1 rings (SSSR count). The summed E-state index contributed by atoms with van der Waals surface area (Å²) in [6.07, 6.45) is 15.1. The molecule has 18 heavy (non-hydrogen) atoms. The number of rotatable bonds is 4. The van der Waals surface area contributed by atoms with Crippen LogP contribution >= 0.6 is 0 Å². The van der Waals surface area contributed by atoms with Crippen LogP contribution in [0.3, 0.4) is 0 Å². The average Bonchev–Trinajstić information content (AvgIpc) is 2.28. The minimum atomic E-state index is 0.687. The van der Waals surface area contributed by atoms with Gasteiger partial charge in [0.1, 0.15) is 20.7 Å². The third-order valence-corrected chi connectivity index (χ3v) is 2.35. The number of ether oxygens (including phenoxy) is 1. The Morgan fingerprint density at radius 3 is 2.72 bits per heavy atom. The largest absolute Gasteiger partial charge is 0.497 e. The lowest BCUT2D eigenvalue weighted by Crippen LogP contribution is -2.03. The molecule has 1 aliphatic rings. The first-order valence-corrected chi connectivity index (χ1v) is 6.09. The fourth-order valence-corrected chi connectivity index (χ4v) is 1.51. The predicted octanol–water partition coefficient (Wildman–Crippen LogP) is 2.19. The molecule has 0 spiro atoms. The van der Waals surface area contributed by atoms with Crippen molar-refractivity contribution in [1.82, 2.24) is 4.90 Å². The molecule has 3 nitrogen and oxygen atoms in total. The Hall–Kier alpha value is -1.77. The predicted molar refractivity (Wildman–Crippen MR) is 76.9 cm³/mol. The van der Waals surface area contributed by atoms with Gasteiger partial charge in [-0.15, -0.1) is 0 Å². The van der Waals surface area contributed by atoms with E-state index in [4.69, 9.17) is 4.74 Å². The number of allylic oxidation sites excluding steroid dienone is 5. The van der Waals surface area contributed by atoms with Crippen molar-refractivity contribution >= 4 is 6.21 Å². The molecule has 0 saturated heterocycles. The van der Waals surface area contributed by atoms with E-state index in [1.807, 2.05) is 62.4 Å². The van der Waals surface area contributed by atoms with E-state index >= 15 is 0 Å². The van der Waals surface area contributed by atoms with Crippen LogP contribution in [0.5, 0.6) is 0 Å². The van der Waals surface area contributed by atoms with Crippen LogP contribution in [-0.2, 0) is 4.74 Å². The summed E-state index contributed by atoms with van der Waals surface area (Å²) in [7, 11) is 8.04. The van der Waals surface area contributed by atoms with Gasteiger partial charge in [0.2, 0.25) is 0 Å². The Bertz CT molecular complexity index is 408. The zero-order valence-corrected chi connectivity index (χ0v) is 11.8. The molecule has 0 unspecified atom stereocenters. The Labute approximate surface area is 110 Å². The van der Waals surface area contributed by atoms with Crippen LogP contribution in [0.2, 0.25) is 0 Å². The molecule has 0 atom stereocenters. The van der Waals surface area contributed by atoms with Gasteiger partial charge in [0.05, 0.1) is 6.26 Å². The summed E-state index contributed by atoms with van der Waals surface area (Å²) in [4.78, 5) is 2.02. The molecule has 0 saturated carbocycles. The van der Waals surface area contributed by atoms with Gasteiger partial charge in [0.25, 0.3) is 0 Å². The zero-order valence-electron chi connectivity index (χ0n) is 11.8. The summed E-state index contributed by atoms with van der Waals surface area (Å²) >= 11 is 0. The Kier molecular flexibility index (Phi) is 5.98. The van der Waals surface area contributed by atoms with Crippen molar-refractivity contribution in [2.24, 2.45) is 0 Å². The lowest BCUT2D eigenvalue weighted by Gasteiger charge is -2.14. The second-order valence-corrected chi connectivity index (χ2v) is 4.78. The minimum absolute atomic E-state index is 0.687. The van der Waals surface area contributed by atoms with E-state index in [2.05, 4.69) is 18.2 Å². The lowest BCUT2D eigenvalue weighted by molar-refractivity contribution is -0.458. The monoisotopic (exact) mass is 247 g/mol. The van der Waals surface area contributed by atoms with Crippen molar-refractivity contribution in [3.8, 4) is 0 Å². The van der Waals surface area contributed by atoms with Crippen LogP contribution in [0.1, 0.15) is 6.42 Å². The first-order chi connectivity index (χ1) is 8.58. The highest BCUT2D eigenvalue weighted by Crippen LogP contribution is 2.18. The summed E-state index contributed by atoms with van der Waals surface area (Å²) in [6.45, 7) is 0.687. The smallest absolute Gasteiger partial charge is 0.162 e. The molecule has 0 amide bonds. The van der Waals surface area contributed by atoms with Crippen molar-refractivity contribution < 1.29 is 9.31 Å². The van der Waals surface area contributed by atoms with Gasteiger partial charge >= 0.3 is 0 Å². The summed E-state index contributed by atoms with van der Waals surface area (Å²) in [5.74, 6) is 0. The molecule has 3 heteroatoms. The SMILES string of the molecule is CN(C)C=CC=C1COC=C(C=CC=[N+](C)C)C1. The zero-order chi connectivity index (χ0) is 13.4. The van der Waals surface area contributed by atoms with Gasteiger partial charge in [-0.2, -0.15) is 0 Å². The number of nitrogens with zero attached hydrogens (tertiary/aromatic N) is 2. The topological polar surface area (TPSA) is 15.5 Å². The number of hydrogen-bond donors (Lipinski definition) is 0. The quantitative estimate of drug-likeness (QED) is 0.559. The fraction of sp³-hybridized carbons (Fsp3) is 0.400. The van der Waals surface area contributed by atoms with Gasteiger partial charge in [-0.25, -0.2) is 4.58 Å². The maximum atomic E-state index is 5.45. The van der Waals surface area contributed by atoms with Gasteiger partial charge in [0, 0.05) is 20.2 Å². The Morgan fingerprint density at radius 2 is 2.06 bits per heavy atom. The van der Waals surface area contributed by atoms with Crippen LogP contribution in [-0.4, -0.2) is 50.5 Å². The van der Waals surface area contributed by atoms with E-state index in [0.29, 0.717) is 6.61 Å². The minimum Gasteiger partial charge on any atom is -0.497 e. The van der Waals surface area contributed by atoms with E-state index in [-0.39, 0.29) is 0 Å². The second kappa shape index (κ2) is 7.54. The van der Waals surface area contributed by atoms with Crippen molar-refractivity contribution in [2.75, 3.05) is 34.8 Å². The van der Waals surface area contributed by atoms with Crippen LogP contribution < -0.4 is 0 Å². The van der Waals surface area contributed by atoms with Crippen LogP contribution in [0, 0.1) is 0 Å². The number of hydrogen-bond acceptors (Lipinski definition) is 2. The molecule has 0 aromatic carbocycles. The van der Waals surface area contributed by atoms with Gasteiger partial charge in [-0.3, -0.25) is 0 Å². The van der Waals surface area contributed by atoms with E-state index in [1.54, 1.807) is 0 Å². The van der Waals surface area contributed by atoms with Crippen molar-refractivity contribution in [2.45, 2.75) is 6.42 Å². The molecule has 0 aliphatic carbocycles. The van der Waals surface area contributed by atoms with Crippen molar-refractivity contribution in [3.05, 3.63) is 47.9 Å². The summed E-state index contributed by atoms with van der Waals surface area (Å²) in [5.41, 5.74) is 2.49. The van der Waals surface area contributed by atoms with Gasteiger partial charge in [-0.05, 0) is 35.9 Å². The first kappa shape index (κ1) is 14.3. The highest BCUT2D eigenvalue weighted by molar-refractivity contribution is 5.67. The van der Waals surface area contributed by atoms with Gasteiger partial charge in [0.15, 0.2) is 6.21 Å². The Morgan fingerprint density at radius 1 is 1.28 bits per heavy atom. The van der Waals surface area contributed by atoms with E-state index in [0.717, 1.165) is 6.42 Å². The molecule has 0 aromatic heterocycles. The third kappa shape index (κ3) is 6.09. The standard InChI is InChI=1S/C15H23N2O/c1-16(2)9-5-7-14-11-15(13-18-12-14)8-6-10-17(3)4/h5-10,12H,11,13H2,1-4H3/q+1. The summed E-state index contributed by atoms with van der Waals surface area (Å²) < 4.78 is 7.46. The lowest BCUT2D eigenvalue weighted by atomic mass is 10.0. The first-order valence-electron chi connectivity index (χ1n) is 6.09. The van der Waals surface area contributed by atoms with Crippen molar-refractivity contribution in [3.63, 3.8) is 0 Å². The van der Waals surface area contributed by atoms with Gasteiger partial charge < -0.3 is 9.64 Å². The molecule has 0 aromatic rings. The molecule has 0 fully saturated rings. The molecular formula is C15H23N2O+. The molecule has 1 aliphatic heterocycles. The van der Waals surface area contributed by atoms with E-state index in [1.165, 1.54) is 11.1 Å². The highest BCUT2D eigenvalue weighted by Gasteiger charge is 2.06. The second-order valence-electron chi connectivity index (χ2n) is 4.78. The van der Waals surface area contributed by atoms with E-state index < -0.39 is 0 Å². The van der Waals surface area contributed by atoms with Crippen LogP contribution in [0.15, 0.2) is 47.9 Å². The maximum Gasteiger partial charge on any atom is 0.162 e. The van der Waals surface area contributed by atoms with Crippen molar-refractivity contribution in [1.29, 1.82) is 0 Å². The summed E-state index contributed by atoms with van der Waals surface area (Å²) in [6, 6.07) is 0. The molecular weight excluding hydrogens is 224 g/mol. The Balaban J connectivity index is 2.58. The average molecular weight is 247 g/mol. The molecule has 0 radical (unpaired) electrons. The van der Waals surface area contributed by atoms with Crippen LogP contribution in [0.25, 0.3) is 0 Å². The highest BCUT2D eigenvalue weighted by atomic mass is 16.5. The molecule has 0 bridgehead atoms. The molecule has 1 heterocycles. The normalized spacial score (nSPS) is 18.0. The molecule has 98 valence electrons. The van der Waals surface area contributed by atoms with Gasteiger partial charge in [-0.1, -0.05) is 6.08 Å².